The summed E-state index contributed by atoms with van der Waals surface area (Å²) < 4.78 is 5.43. The summed E-state index contributed by atoms with van der Waals surface area (Å²) in [6.45, 7) is 5.12. The second-order valence-electron chi connectivity index (χ2n) is 5.28. The van der Waals surface area contributed by atoms with Gasteiger partial charge in [0.1, 0.15) is 18.1 Å². The van der Waals surface area contributed by atoms with Gasteiger partial charge in [0.05, 0.1) is 19.3 Å². The summed E-state index contributed by atoms with van der Waals surface area (Å²) in [6.07, 6.45) is 4.50. The first-order valence-corrected chi connectivity index (χ1v) is 7.72. The van der Waals surface area contributed by atoms with E-state index in [9.17, 15) is 5.11 Å². The molecule has 0 amide bonds. The zero-order valence-electron chi connectivity index (χ0n) is 13.5. The van der Waals surface area contributed by atoms with Gasteiger partial charge in [0, 0.05) is 0 Å². The third-order valence-corrected chi connectivity index (χ3v) is 3.65. The van der Waals surface area contributed by atoms with Gasteiger partial charge < -0.3 is 24.8 Å². The van der Waals surface area contributed by atoms with Crippen LogP contribution in [0.2, 0.25) is 0 Å². The first kappa shape index (κ1) is 19.4. The maximum atomic E-state index is 10.3. The van der Waals surface area contributed by atoms with Crippen LogP contribution in [-0.4, -0.2) is 39.7 Å². The molecule has 128 valence electrons. The molecule has 1 aromatic rings. The largest absolute Gasteiger partial charge is 0.459 e. The highest BCUT2D eigenvalue weighted by molar-refractivity contribution is 5.47. The van der Waals surface area contributed by atoms with E-state index in [2.05, 4.69) is 6.58 Å². The molecule has 5 nitrogen and oxygen atoms in total. The molecule has 1 aromatic heterocycles. The Morgan fingerprint density at radius 2 is 2.04 bits per heavy atom. The number of allylic oxidation sites excluding steroid dienone is 1. The van der Waals surface area contributed by atoms with Crippen molar-refractivity contribution in [2.45, 2.75) is 38.9 Å². The molecular formula is C18H26O5. The number of furan rings is 1. The highest BCUT2D eigenvalue weighted by Gasteiger charge is 2.14. The molecule has 5 heteroatoms. The van der Waals surface area contributed by atoms with Gasteiger partial charge in [-0.1, -0.05) is 25.2 Å². The van der Waals surface area contributed by atoms with Crippen LogP contribution in [0.25, 0.3) is 6.08 Å². The zero-order chi connectivity index (χ0) is 17.2. The van der Waals surface area contributed by atoms with Crippen molar-refractivity contribution in [3.05, 3.63) is 53.0 Å². The minimum absolute atomic E-state index is 0.132. The summed E-state index contributed by atoms with van der Waals surface area (Å²) >= 11 is 0. The van der Waals surface area contributed by atoms with E-state index >= 15 is 0 Å². The standard InChI is InChI=1S/C18H26O5/c1-3-14(10-15-5-6-16(12-21)23-15)4-7-18(22)17(8-9-19)13(2)11-20/h5-6,8,10,18-22H,2-4,7,9,11-12H2,1H3/b14-10+,17-8-. The van der Waals surface area contributed by atoms with Crippen LogP contribution in [0.3, 0.4) is 0 Å². The Balaban J connectivity index is 2.72. The molecule has 0 bridgehead atoms. The molecule has 4 N–H and O–H groups in total. The third kappa shape index (κ3) is 6.15. The van der Waals surface area contributed by atoms with Crippen LogP contribution in [-0.2, 0) is 6.61 Å². The molecule has 1 atom stereocenters. The van der Waals surface area contributed by atoms with Crippen LogP contribution >= 0.6 is 0 Å². The summed E-state index contributed by atoms with van der Waals surface area (Å²) in [5, 5.41) is 37.4. The number of aliphatic hydroxyl groups is 4. The van der Waals surface area contributed by atoms with Gasteiger partial charge in [-0.05, 0) is 48.6 Å². The molecule has 1 rings (SSSR count). The van der Waals surface area contributed by atoms with Crippen molar-refractivity contribution in [3.8, 4) is 0 Å². The Hall–Kier alpha value is -1.66. The molecular weight excluding hydrogens is 296 g/mol. The Kier molecular flexibility index (Phi) is 8.58. The van der Waals surface area contributed by atoms with E-state index in [1.807, 2.05) is 13.0 Å². The van der Waals surface area contributed by atoms with Gasteiger partial charge in [0.15, 0.2) is 0 Å². The molecule has 0 radical (unpaired) electrons. The molecule has 0 aliphatic carbocycles. The highest BCUT2D eigenvalue weighted by Crippen LogP contribution is 2.22. The Bertz CT molecular complexity index is 554. The summed E-state index contributed by atoms with van der Waals surface area (Å²) in [5.74, 6) is 1.19. The molecule has 1 unspecified atom stereocenters. The lowest BCUT2D eigenvalue weighted by Gasteiger charge is -2.17. The van der Waals surface area contributed by atoms with E-state index in [1.54, 1.807) is 12.1 Å². The van der Waals surface area contributed by atoms with Gasteiger partial charge >= 0.3 is 0 Å². The Morgan fingerprint density at radius 1 is 1.30 bits per heavy atom. The lowest BCUT2D eigenvalue weighted by Crippen LogP contribution is -2.14. The van der Waals surface area contributed by atoms with E-state index in [0.29, 0.717) is 35.5 Å². The van der Waals surface area contributed by atoms with Gasteiger partial charge in [0.2, 0.25) is 0 Å². The number of hydrogen-bond acceptors (Lipinski definition) is 5. The van der Waals surface area contributed by atoms with Gasteiger partial charge in [-0.3, -0.25) is 0 Å². The monoisotopic (exact) mass is 322 g/mol. The molecule has 0 aromatic carbocycles. The molecule has 23 heavy (non-hydrogen) atoms. The summed E-state index contributed by atoms with van der Waals surface area (Å²) in [5.41, 5.74) is 1.99. The van der Waals surface area contributed by atoms with Crippen molar-refractivity contribution < 1.29 is 24.8 Å². The summed E-state index contributed by atoms with van der Waals surface area (Å²) in [4.78, 5) is 0. The molecule has 0 aliphatic heterocycles. The van der Waals surface area contributed by atoms with E-state index in [-0.39, 0.29) is 19.8 Å². The first-order chi connectivity index (χ1) is 11.0. The smallest absolute Gasteiger partial charge is 0.130 e. The molecule has 0 aliphatic rings. The number of rotatable bonds is 10. The lowest BCUT2D eigenvalue weighted by atomic mass is 9.95. The third-order valence-electron chi connectivity index (χ3n) is 3.65. The van der Waals surface area contributed by atoms with Crippen molar-refractivity contribution in [2.75, 3.05) is 13.2 Å². The van der Waals surface area contributed by atoms with Gasteiger partial charge in [-0.15, -0.1) is 0 Å². The molecule has 0 spiro atoms. The van der Waals surface area contributed by atoms with E-state index < -0.39 is 6.10 Å². The second-order valence-corrected chi connectivity index (χ2v) is 5.28. The topological polar surface area (TPSA) is 94.1 Å². The highest BCUT2D eigenvalue weighted by atomic mass is 16.4. The van der Waals surface area contributed by atoms with Crippen LogP contribution in [0.5, 0.6) is 0 Å². The normalized spacial score (nSPS) is 14.1. The van der Waals surface area contributed by atoms with Crippen molar-refractivity contribution >= 4 is 6.08 Å². The summed E-state index contributed by atoms with van der Waals surface area (Å²) in [6, 6.07) is 3.52. The van der Waals surface area contributed by atoms with E-state index in [4.69, 9.17) is 19.7 Å². The van der Waals surface area contributed by atoms with Crippen LogP contribution in [0.4, 0.5) is 0 Å². The lowest BCUT2D eigenvalue weighted by molar-refractivity contribution is 0.197. The minimum Gasteiger partial charge on any atom is -0.459 e. The fourth-order valence-corrected chi connectivity index (χ4v) is 2.29. The van der Waals surface area contributed by atoms with Crippen LogP contribution in [0, 0.1) is 0 Å². The van der Waals surface area contributed by atoms with Crippen LogP contribution < -0.4 is 0 Å². The average molecular weight is 322 g/mol. The Labute approximate surface area is 136 Å². The first-order valence-electron chi connectivity index (χ1n) is 7.72. The van der Waals surface area contributed by atoms with Crippen molar-refractivity contribution in [1.82, 2.24) is 0 Å². The maximum Gasteiger partial charge on any atom is 0.130 e. The maximum absolute atomic E-state index is 10.3. The quantitative estimate of drug-likeness (QED) is 0.495. The second kappa shape index (κ2) is 10.2. The number of aliphatic hydroxyl groups excluding tert-OH is 4. The number of hydrogen-bond donors (Lipinski definition) is 4. The van der Waals surface area contributed by atoms with E-state index in [0.717, 1.165) is 12.0 Å². The Morgan fingerprint density at radius 3 is 2.57 bits per heavy atom. The van der Waals surface area contributed by atoms with E-state index in [1.165, 1.54) is 6.08 Å². The van der Waals surface area contributed by atoms with Crippen LogP contribution in [0.15, 0.2) is 45.9 Å². The predicted molar refractivity (Wildman–Crippen MR) is 89.5 cm³/mol. The fourth-order valence-electron chi connectivity index (χ4n) is 2.29. The zero-order valence-corrected chi connectivity index (χ0v) is 13.5. The fraction of sp³-hybridized carbons (Fsp3) is 0.444. The van der Waals surface area contributed by atoms with Gasteiger partial charge in [0.25, 0.3) is 0 Å². The average Bonchev–Trinajstić information content (AvgIpc) is 3.03. The molecule has 0 saturated heterocycles. The summed E-state index contributed by atoms with van der Waals surface area (Å²) in [7, 11) is 0. The predicted octanol–water partition coefficient (Wildman–Crippen LogP) is 2.17. The van der Waals surface area contributed by atoms with Crippen molar-refractivity contribution in [3.63, 3.8) is 0 Å². The van der Waals surface area contributed by atoms with Crippen molar-refractivity contribution in [2.24, 2.45) is 0 Å². The molecule has 1 heterocycles. The SMILES string of the molecule is C=C(CO)/C(=C/CO)C(O)CC/C(=C/c1ccc(CO)o1)CC. The van der Waals surface area contributed by atoms with Crippen LogP contribution in [0.1, 0.15) is 37.7 Å². The van der Waals surface area contributed by atoms with Gasteiger partial charge in [-0.25, -0.2) is 0 Å². The van der Waals surface area contributed by atoms with Crippen molar-refractivity contribution in [1.29, 1.82) is 0 Å². The minimum atomic E-state index is -0.790. The van der Waals surface area contributed by atoms with Gasteiger partial charge in [-0.2, -0.15) is 0 Å². The molecule has 0 saturated carbocycles. The molecule has 0 fully saturated rings.